The minimum absolute atomic E-state index is 1.10. The van der Waals surface area contributed by atoms with Gasteiger partial charge >= 0.3 is 0 Å². The van der Waals surface area contributed by atoms with Gasteiger partial charge in [0, 0.05) is 34.0 Å². The summed E-state index contributed by atoms with van der Waals surface area (Å²) in [5, 5.41) is 2.44. The third kappa shape index (κ3) is 6.78. The molecule has 0 saturated carbocycles. The van der Waals surface area contributed by atoms with Gasteiger partial charge in [0.1, 0.15) is 0 Å². The summed E-state index contributed by atoms with van der Waals surface area (Å²) >= 11 is 0. The molecule has 0 radical (unpaired) electrons. The van der Waals surface area contributed by atoms with E-state index < -0.39 is 0 Å². The summed E-state index contributed by atoms with van der Waals surface area (Å²) in [5.74, 6) is 0. The van der Waals surface area contributed by atoms with Crippen molar-refractivity contribution in [2.75, 3.05) is 9.80 Å². The largest absolute Gasteiger partial charge is 0.311 e. The Balaban J connectivity index is 1.31. The zero-order valence-corrected chi connectivity index (χ0v) is 30.8. The molecule has 0 N–H and O–H groups in total. The second kappa shape index (κ2) is 15.1. The van der Waals surface area contributed by atoms with Crippen LogP contribution in [0.15, 0.2) is 224 Å². The predicted molar refractivity (Wildman–Crippen MR) is 234 cm³/mol. The molecule has 0 bridgehead atoms. The van der Waals surface area contributed by atoms with E-state index in [9.17, 15) is 0 Å². The molecule has 0 aromatic heterocycles. The molecule has 55 heavy (non-hydrogen) atoms. The quantitative estimate of drug-likeness (QED) is 0.148. The molecular formula is C53H40N2. The molecule has 0 heterocycles. The van der Waals surface area contributed by atoms with Crippen LogP contribution in [0, 0.1) is 6.92 Å². The minimum Gasteiger partial charge on any atom is -0.311 e. The lowest BCUT2D eigenvalue weighted by molar-refractivity contribution is 1.28. The summed E-state index contributed by atoms with van der Waals surface area (Å²) < 4.78 is 0. The van der Waals surface area contributed by atoms with Gasteiger partial charge in [-0.05, 0) is 118 Å². The summed E-state index contributed by atoms with van der Waals surface area (Å²) in [6.07, 6.45) is 0. The molecule has 9 aromatic carbocycles. The lowest BCUT2D eigenvalue weighted by atomic mass is 9.85. The van der Waals surface area contributed by atoms with Crippen LogP contribution in [0.3, 0.4) is 0 Å². The van der Waals surface area contributed by atoms with Gasteiger partial charge < -0.3 is 9.80 Å². The van der Waals surface area contributed by atoms with E-state index in [1.165, 1.54) is 44.2 Å². The lowest BCUT2D eigenvalue weighted by Crippen LogP contribution is -2.12. The molecule has 0 amide bonds. The van der Waals surface area contributed by atoms with Gasteiger partial charge in [-0.15, -0.1) is 0 Å². The first-order chi connectivity index (χ1) is 27.2. The highest BCUT2D eigenvalue weighted by atomic mass is 15.1. The first-order valence-electron chi connectivity index (χ1n) is 18.9. The standard InChI is InChI=1S/C53H40N2/c1-39-17-16-20-43(37-39)53-51(55(47-25-10-4-11-26-47)48-27-12-5-13-28-48)36-35-50(52(53)44-30-29-40-18-14-15-19-42(40)38-44)41-31-33-49(34-32-41)54(45-21-6-2-7-22-45)46-23-8-3-9-24-46/h2-38H,1H3. The maximum Gasteiger partial charge on any atom is 0.0546 e. The Hall–Kier alpha value is -7.16. The van der Waals surface area contributed by atoms with Crippen LogP contribution in [0.2, 0.25) is 0 Å². The van der Waals surface area contributed by atoms with E-state index in [2.05, 4.69) is 241 Å². The number of aryl methyl sites for hydroxylation is 1. The summed E-state index contributed by atoms with van der Waals surface area (Å²) in [4.78, 5) is 4.71. The molecule has 0 atom stereocenters. The number of anilines is 6. The van der Waals surface area contributed by atoms with Gasteiger partial charge in [-0.2, -0.15) is 0 Å². The fraction of sp³-hybridized carbons (Fsp3) is 0.0189. The first-order valence-corrected chi connectivity index (χ1v) is 18.9. The van der Waals surface area contributed by atoms with Crippen LogP contribution in [0.1, 0.15) is 5.56 Å². The van der Waals surface area contributed by atoms with E-state index in [-0.39, 0.29) is 0 Å². The van der Waals surface area contributed by atoms with Crippen LogP contribution >= 0.6 is 0 Å². The van der Waals surface area contributed by atoms with Crippen molar-refractivity contribution in [3.05, 3.63) is 230 Å². The van der Waals surface area contributed by atoms with Crippen molar-refractivity contribution >= 4 is 44.9 Å². The van der Waals surface area contributed by atoms with Gasteiger partial charge in [-0.1, -0.05) is 157 Å². The number of rotatable bonds is 9. The fourth-order valence-corrected chi connectivity index (χ4v) is 7.73. The molecule has 9 rings (SSSR count). The third-order valence-electron chi connectivity index (χ3n) is 10.3. The average molecular weight is 705 g/mol. The summed E-state index contributed by atoms with van der Waals surface area (Å²) in [5.41, 5.74) is 14.9. The minimum atomic E-state index is 1.10. The van der Waals surface area contributed by atoms with Crippen LogP contribution in [0.5, 0.6) is 0 Å². The molecular weight excluding hydrogens is 665 g/mol. The molecule has 9 aromatic rings. The highest BCUT2D eigenvalue weighted by molar-refractivity contribution is 6.04. The van der Waals surface area contributed by atoms with Gasteiger partial charge in [0.2, 0.25) is 0 Å². The Bertz CT molecular complexity index is 2610. The van der Waals surface area contributed by atoms with Crippen molar-refractivity contribution < 1.29 is 0 Å². The van der Waals surface area contributed by atoms with Crippen molar-refractivity contribution in [2.45, 2.75) is 6.92 Å². The number of fused-ring (bicyclic) bond motifs is 1. The fourth-order valence-electron chi connectivity index (χ4n) is 7.73. The number of benzene rings is 9. The van der Waals surface area contributed by atoms with Crippen molar-refractivity contribution in [1.82, 2.24) is 0 Å². The highest BCUT2D eigenvalue weighted by Crippen LogP contribution is 2.50. The van der Waals surface area contributed by atoms with Gasteiger partial charge in [0.05, 0.1) is 5.69 Å². The molecule has 2 heteroatoms. The summed E-state index contributed by atoms with van der Waals surface area (Å²) in [6.45, 7) is 2.18. The van der Waals surface area contributed by atoms with Gasteiger partial charge in [-0.3, -0.25) is 0 Å². The van der Waals surface area contributed by atoms with E-state index in [0.717, 1.165) is 39.7 Å². The van der Waals surface area contributed by atoms with Crippen LogP contribution in [-0.4, -0.2) is 0 Å². The van der Waals surface area contributed by atoms with Crippen molar-refractivity contribution in [3.63, 3.8) is 0 Å². The number of hydrogen-bond acceptors (Lipinski definition) is 2. The Morgan fingerprint density at radius 1 is 0.291 bits per heavy atom. The normalized spacial score (nSPS) is 11.0. The van der Waals surface area contributed by atoms with E-state index in [1.807, 2.05) is 0 Å². The van der Waals surface area contributed by atoms with E-state index >= 15 is 0 Å². The lowest BCUT2D eigenvalue weighted by Gasteiger charge is -2.30. The third-order valence-corrected chi connectivity index (χ3v) is 10.3. The molecule has 0 spiro atoms. The second-order valence-corrected chi connectivity index (χ2v) is 13.9. The van der Waals surface area contributed by atoms with Crippen molar-refractivity contribution in [3.8, 4) is 33.4 Å². The smallest absolute Gasteiger partial charge is 0.0546 e. The van der Waals surface area contributed by atoms with Crippen LogP contribution in [0.25, 0.3) is 44.2 Å². The predicted octanol–water partition coefficient (Wildman–Crippen LogP) is 15.1. The zero-order valence-electron chi connectivity index (χ0n) is 30.8. The van der Waals surface area contributed by atoms with E-state index in [0.29, 0.717) is 0 Å². The van der Waals surface area contributed by atoms with E-state index in [4.69, 9.17) is 0 Å². The Labute approximate surface area is 323 Å². The Morgan fingerprint density at radius 3 is 1.33 bits per heavy atom. The number of nitrogens with zero attached hydrogens (tertiary/aromatic N) is 2. The van der Waals surface area contributed by atoms with Gasteiger partial charge in [0.15, 0.2) is 0 Å². The Morgan fingerprint density at radius 2 is 0.764 bits per heavy atom. The summed E-state index contributed by atoms with van der Waals surface area (Å²) in [6, 6.07) is 80.7. The monoisotopic (exact) mass is 704 g/mol. The molecule has 2 nitrogen and oxygen atoms in total. The number of para-hydroxylation sites is 4. The topological polar surface area (TPSA) is 6.48 Å². The van der Waals surface area contributed by atoms with Crippen molar-refractivity contribution in [2.24, 2.45) is 0 Å². The first kappa shape index (κ1) is 33.7. The summed E-state index contributed by atoms with van der Waals surface area (Å²) in [7, 11) is 0. The molecule has 0 aliphatic heterocycles. The molecule has 0 aliphatic rings. The maximum absolute atomic E-state index is 2.40. The molecule has 0 saturated heterocycles. The van der Waals surface area contributed by atoms with Crippen LogP contribution in [0.4, 0.5) is 34.1 Å². The Kier molecular flexibility index (Phi) is 9.22. The molecule has 0 fully saturated rings. The average Bonchev–Trinajstić information content (AvgIpc) is 3.25. The molecule has 0 aliphatic carbocycles. The van der Waals surface area contributed by atoms with Crippen molar-refractivity contribution in [1.29, 1.82) is 0 Å². The zero-order chi connectivity index (χ0) is 37.0. The van der Waals surface area contributed by atoms with Gasteiger partial charge in [0.25, 0.3) is 0 Å². The van der Waals surface area contributed by atoms with Gasteiger partial charge in [-0.25, -0.2) is 0 Å². The number of hydrogen-bond donors (Lipinski definition) is 0. The van der Waals surface area contributed by atoms with Crippen LogP contribution < -0.4 is 9.80 Å². The van der Waals surface area contributed by atoms with E-state index in [1.54, 1.807) is 0 Å². The molecule has 262 valence electrons. The molecule has 0 unspecified atom stereocenters. The highest BCUT2D eigenvalue weighted by Gasteiger charge is 2.24. The SMILES string of the molecule is Cc1cccc(-c2c(N(c3ccccc3)c3ccccc3)ccc(-c3ccc(N(c4ccccc4)c4ccccc4)cc3)c2-c2ccc3ccccc3c2)c1. The maximum atomic E-state index is 2.40. The second-order valence-electron chi connectivity index (χ2n) is 13.9. The van der Waals surface area contributed by atoms with Crippen LogP contribution in [-0.2, 0) is 0 Å².